The van der Waals surface area contributed by atoms with Crippen molar-refractivity contribution >= 4 is 11.7 Å². The van der Waals surface area contributed by atoms with Crippen LogP contribution in [0.15, 0.2) is 0 Å². The van der Waals surface area contributed by atoms with Crippen molar-refractivity contribution in [2.75, 3.05) is 26.7 Å². The number of likely N-dealkylation sites (N-methyl/N-ethyl adjacent to an activating group) is 1. The SMILES string of the molecule is CCCN(CCCC(=O)CC)CC(=O)NC. The van der Waals surface area contributed by atoms with E-state index >= 15 is 0 Å². The largest absolute Gasteiger partial charge is 0.358 e. The Labute approximate surface area is 98.4 Å². The lowest BCUT2D eigenvalue weighted by Gasteiger charge is -2.20. The Hall–Kier alpha value is -0.900. The Morgan fingerprint density at radius 1 is 1.19 bits per heavy atom. The molecule has 1 N–H and O–H groups in total. The van der Waals surface area contributed by atoms with Crippen LogP contribution in [0.2, 0.25) is 0 Å². The quantitative estimate of drug-likeness (QED) is 0.645. The Kier molecular flexibility index (Phi) is 8.81. The van der Waals surface area contributed by atoms with E-state index in [2.05, 4.69) is 17.1 Å². The van der Waals surface area contributed by atoms with Gasteiger partial charge in [-0.1, -0.05) is 13.8 Å². The fraction of sp³-hybridized carbons (Fsp3) is 0.833. The first-order chi connectivity index (χ1) is 7.63. The zero-order chi connectivity index (χ0) is 12.4. The second kappa shape index (κ2) is 9.33. The van der Waals surface area contributed by atoms with Crippen molar-refractivity contribution in [3.05, 3.63) is 0 Å². The van der Waals surface area contributed by atoms with E-state index in [4.69, 9.17) is 0 Å². The number of ketones is 1. The zero-order valence-corrected chi connectivity index (χ0v) is 10.7. The van der Waals surface area contributed by atoms with Crippen LogP contribution in [0.5, 0.6) is 0 Å². The lowest BCUT2D eigenvalue weighted by molar-refractivity contribution is -0.121. The molecule has 0 spiro atoms. The normalized spacial score (nSPS) is 10.5. The van der Waals surface area contributed by atoms with Gasteiger partial charge >= 0.3 is 0 Å². The van der Waals surface area contributed by atoms with Gasteiger partial charge in [0.05, 0.1) is 6.54 Å². The summed E-state index contributed by atoms with van der Waals surface area (Å²) in [6, 6.07) is 0. The van der Waals surface area contributed by atoms with Gasteiger partial charge in [-0.05, 0) is 25.9 Å². The van der Waals surface area contributed by atoms with E-state index in [1.807, 2.05) is 6.92 Å². The van der Waals surface area contributed by atoms with Crippen LogP contribution in [0.3, 0.4) is 0 Å². The smallest absolute Gasteiger partial charge is 0.233 e. The number of Topliss-reactive ketones (excluding diaryl/α,β-unsaturated/α-hetero) is 1. The molecule has 16 heavy (non-hydrogen) atoms. The molecule has 4 nitrogen and oxygen atoms in total. The van der Waals surface area contributed by atoms with Crippen LogP contribution < -0.4 is 5.32 Å². The van der Waals surface area contributed by atoms with Gasteiger partial charge in [-0.2, -0.15) is 0 Å². The minimum atomic E-state index is 0.0373. The summed E-state index contributed by atoms with van der Waals surface area (Å²) in [6.07, 6.45) is 3.12. The van der Waals surface area contributed by atoms with E-state index in [9.17, 15) is 9.59 Å². The topological polar surface area (TPSA) is 49.4 Å². The number of amides is 1. The van der Waals surface area contributed by atoms with Crippen molar-refractivity contribution in [3.8, 4) is 0 Å². The molecule has 1 amide bonds. The van der Waals surface area contributed by atoms with Gasteiger partial charge in [0.1, 0.15) is 5.78 Å². The van der Waals surface area contributed by atoms with E-state index in [0.29, 0.717) is 25.2 Å². The Balaban J connectivity index is 3.84. The highest BCUT2D eigenvalue weighted by Gasteiger charge is 2.08. The predicted octanol–water partition coefficient (Wildman–Crippen LogP) is 1.20. The maximum atomic E-state index is 11.2. The number of nitrogens with one attached hydrogen (secondary N) is 1. The molecule has 0 aromatic carbocycles. The summed E-state index contributed by atoms with van der Waals surface area (Å²) in [7, 11) is 1.65. The van der Waals surface area contributed by atoms with Crippen LogP contribution in [0.25, 0.3) is 0 Å². The summed E-state index contributed by atoms with van der Waals surface area (Å²) in [4.78, 5) is 24.5. The van der Waals surface area contributed by atoms with Crippen molar-refractivity contribution in [1.29, 1.82) is 0 Å². The zero-order valence-electron chi connectivity index (χ0n) is 10.7. The molecule has 0 aliphatic carbocycles. The number of carbonyl (C=O) groups excluding carboxylic acids is 2. The average molecular weight is 228 g/mol. The van der Waals surface area contributed by atoms with E-state index in [-0.39, 0.29) is 5.91 Å². The minimum absolute atomic E-state index is 0.0373. The molecule has 0 atom stereocenters. The van der Waals surface area contributed by atoms with Gasteiger partial charge in [-0.25, -0.2) is 0 Å². The van der Waals surface area contributed by atoms with E-state index in [1.165, 1.54) is 0 Å². The molecule has 0 bridgehead atoms. The molecule has 0 aliphatic rings. The van der Waals surface area contributed by atoms with Gasteiger partial charge in [-0.3, -0.25) is 14.5 Å². The fourth-order valence-electron chi connectivity index (χ4n) is 1.54. The summed E-state index contributed by atoms with van der Waals surface area (Å²) >= 11 is 0. The molecule has 4 heteroatoms. The highest BCUT2D eigenvalue weighted by Crippen LogP contribution is 1.99. The second-order valence-corrected chi connectivity index (χ2v) is 3.95. The molecule has 0 aromatic heterocycles. The van der Waals surface area contributed by atoms with Crippen molar-refractivity contribution in [2.24, 2.45) is 0 Å². The second-order valence-electron chi connectivity index (χ2n) is 3.95. The maximum Gasteiger partial charge on any atom is 0.233 e. The highest BCUT2D eigenvalue weighted by atomic mass is 16.2. The van der Waals surface area contributed by atoms with Crippen LogP contribution >= 0.6 is 0 Å². The van der Waals surface area contributed by atoms with Gasteiger partial charge < -0.3 is 5.32 Å². The monoisotopic (exact) mass is 228 g/mol. The van der Waals surface area contributed by atoms with Gasteiger partial charge in [0.25, 0.3) is 0 Å². The lowest BCUT2D eigenvalue weighted by atomic mass is 10.2. The van der Waals surface area contributed by atoms with Crippen molar-refractivity contribution in [1.82, 2.24) is 10.2 Å². The number of hydrogen-bond acceptors (Lipinski definition) is 3. The van der Waals surface area contributed by atoms with E-state index in [1.54, 1.807) is 7.05 Å². The molecule has 0 radical (unpaired) electrons. The molecule has 0 unspecified atom stereocenters. The first-order valence-corrected chi connectivity index (χ1v) is 6.08. The lowest BCUT2D eigenvalue weighted by Crippen LogP contribution is -2.36. The van der Waals surface area contributed by atoms with Gasteiger partial charge in [0.2, 0.25) is 5.91 Å². The Bertz CT molecular complexity index is 217. The molecule has 0 fully saturated rings. The molecule has 0 saturated carbocycles. The first kappa shape index (κ1) is 15.1. The predicted molar refractivity (Wildman–Crippen MR) is 65.3 cm³/mol. The van der Waals surface area contributed by atoms with E-state index in [0.717, 1.165) is 25.9 Å². The van der Waals surface area contributed by atoms with Crippen LogP contribution in [-0.2, 0) is 9.59 Å². The average Bonchev–Trinajstić information content (AvgIpc) is 2.28. The van der Waals surface area contributed by atoms with Crippen LogP contribution in [0.1, 0.15) is 39.5 Å². The Morgan fingerprint density at radius 3 is 2.38 bits per heavy atom. The van der Waals surface area contributed by atoms with E-state index < -0.39 is 0 Å². The molecule has 0 aromatic rings. The number of rotatable bonds is 9. The van der Waals surface area contributed by atoms with Crippen molar-refractivity contribution < 1.29 is 9.59 Å². The minimum Gasteiger partial charge on any atom is -0.358 e. The maximum absolute atomic E-state index is 11.2. The van der Waals surface area contributed by atoms with Crippen LogP contribution in [-0.4, -0.2) is 43.3 Å². The number of nitrogens with zero attached hydrogens (tertiary/aromatic N) is 1. The molecular weight excluding hydrogens is 204 g/mol. The molecule has 0 rings (SSSR count). The van der Waals surface area contributed by atoms with Crippen LogP contribution in [0, 0.1) is 0 Å². The van der Waals surface area contributed by atoms with Crippen molar-refractivity contribution in [2.45, 2.75) is 39.5 Å². The molecule has 0 aliphatic heterocycles. The first-order valence-electron chi connectivity index (χ1n) is 6.08. The third-order valence-electron chi connectivity index (χ3n) is 2.51. The highest BCUT2D eigenvalue weighted by molar-refractivity contribution is 5.78. The standard InChI is InChI=1S/C12H24N2O2/c1-4-8-14(10-12(16)13-3)9-6-7-11(15)5-2/h4-10H2,1-3H3,(H,13,16). The molecule has 0 saturated heterocycles. The summed E-state index contributed by atoms with van der Waals surface area (Å²) < 4.78 is 0. The number of carbonyl (C=O) groups is 2. The van der Waals surface area contributed by atoms with Crippen molar-refractivity contribution in [3.63, 3.8) is 0 Å². The summed E-state index contributed by atoms with van der Waals surface area (Å²) in [5.41, 5.74) is 0. The number of hydrogen-bond donors (Lipinski definition) is 1. The summed E-state index contributed by atoms with van der Waals surface area (Å²) in [5.74, 6) is 0.339. The van der Waals surface area contributed by atoms with Crippen LogP contribution in [0.4, 0.5) is 0 Å². The molecular formula is C12H24N2O2. The van der Waals surface area contributed by atoms with Gasteiger partial charge in [0.15, 0.2) is 0 Å². The van der Waals surface area contributed by atoms with Gasteiger partial charge in [-0.15, -0.1) is 0 Å². The third kappa shape index (κ3) is 7.40. The van der Waals surface area contributed by atoms with Gasteiger partial charge in [0, 0.05) is 19.9 Å². The summed E-state index contributed by atoms with van der Waals surface area (Å²) in [5, 5.41) is 2.62. The Morgan fingerprint density at radius 2 is 1.88 bits per heavy atom. The third-order valence-corrected chi connectivity index (χ3v) is 2.51. The molecule has 94 valence electrons. The summed E-state index contributed by atoms with van der Waals surface area (Å²) in [6.45, 7) is 6.15. The molecule has 0 heterocycles. The fourth-order valence-corrected chi connectivity index (χ4v) is 1.54.